The van der Waals surface area contributed by atoms with Crippen LogP contribution in [-0.4, -0.2) is 29.9 Å². The van der Waals surface area contributed by atoms with Gasteiger partial charge in [0.1, 0.15) is 5.75 Å². The third-order valence-corrected chi connectivity index (χ3v) is 3.54. The molecule has 1 N–H and O–H groups in total. The second kappa shape index (κ2) is 6.64. The molecule has 22 heavy (non-hydrogen) atoms. The fourth-order valence-corrected chi connectivity index (χ4v) is 2.32. The zero-order chi connectivity index (χ0) is 16.3. The Bertz CT molecular complexity index is 734. The van der Waals surface area contributed by atoms with E-state index in [4.69, 9.17) is 4.74 Å². The summed E-state index contributed by atoms with van der Waals surface area (Å²) in [5, 5.41) is 0.888. The SMILES string of the molecule is COc1ccc2[nH]c(=O)c(CN(C)C(=O)CC(C)C)cc2c1. The van der Waals surface area contributed by atoms with E-state index in [0.717, 1.165) is 16.7 Å². The number of aromatic amines is 1. The number of pyridine rings is 1. The normalized spacial score (nSPS) is 11.0. The summed E-state index contributed by atoms with van der Waals surface area (Å²) in [6.45, 7) is 4.30. The van der Waals surface area contributed by atoms with E-state index < -0.39 is 0 Å². The summed E-state index contributed by atoms with van der Waals surface area (Å²) in [5.41, 5.74) is 1.16. The Hall–Kier alpha value is -2.30. The molecular weight excluding hydrogens is 280 g/mol. The molecule has 1 aromatic carbocycles. The van der Waals surface area contributed by atoms with Crippen LogP contribution in [0.5, 0.6) is 5.75 Å². The van der Waals surface area contributed by atoms with E-state index >= 15 is 0 Å². The Balaban J connectivity index is 2.28. The van der Waals surface area contributed by atoms with Gasteiger partial charge in [0.05, 0.1) is 13.7 Å². The second-order valence-electron chi connectivity index (χ2n) is 5.92. The number of ether oxygens (including phenoxy) is 1. The Morgan fingerprint density at radius 1 is 1.32 bits per heavy atom. The molecule has 2 aromatic rings. The number of aromatic nitrogens is 1. The van der Waals surface area contributed by atoms with E-state index in [1.807, 2.05) is 32.0 Å². The molecule has 1 amide bonds. The smallest absolute Gasteiger partial charge is 0.253 e. The molecule has 0 unspecified atom stereocenters. The summed E-state index contributed by atoms with van der Waals surface area (Å²) in [4.78, 5) is 28.6. The average molecular weight is 302 g/mol. The van der Waals surface area contributed by atoms with Crippen LogP contribution in [0.4, 0.5) is 0 Å². The van der Waals surface area contributed by atoms with Gasteiger partial charge in [-0.15, -0.1) is 0 Å². The topological polar surface area (TPSA) is 62.4 Å². The molecule has 0 aliphatic carbocycles. The van der Waals surface area contributed by atoms with Gasteiger partial charge >= 0.3 is 0 Å². The standard InChI is InChI=1S/C17H22N2O3/c1-11(2)7-16(20)19(3)10-13-8-12-9-14(22-4)5-6-15(12)18-17(13)21/h5-6,8-9,11H,7,10H2,1-4H3,(H,18,21). The maximum Gasteiger partial charge on any atom is 0.253 e. The predicted molar refractivity (Wildman–Crippen MR) is 87.0 cm³/mol. The van der Waals surface area contributed by atoms with Crippen molar-refractivity contribution < 1.29 is 9.53 Å². The number of H-pyrrole nitrogens is 1. The minimum absolute atomic E-state index is 0.0418. The lowest BCUT2D eigenvalue weighted by molar-refractivity contribution is -0.131. The van der Waals surface area contributed by atoms with Crippen molar-refractivity contribution in [1.82, 2.24) is 9.88 Å². The lowest BCUT2D eigenvalue weighted by atomic mass is 10.1. The molecule has 1 aromatic heterocycles. The van der Waals surface area contributed by atoms with E-state index in [1.54, 1.807) is 25.1 Å². The lowest BCUT2D eigenvalue weighted by Crippen LogP contribution is -2.29. The molecule has 0 bridgehead atoms. The Morgan fingerprint density at radius 2 is 2.05 bits per heavy atom. The molecule has 0 aliphatic heterocycles. The minimum atomic E-state index is -0.165. The summed E-state index contributed by atoms with van der Waals surface area (Å²) in [7, 11) is 3.33. The number of fused-ring (bicyclic) bond motifs is 1. The Morgan fingerprint density at radius 3 is 2.68 bits per heavy atom. The maximum atomic E-state index is 12.1. The Kier molecular flexibility index (Phi) is 4.85. The van der Waals surface area contributed by atoms with E-state index in [9.17, 15) is 9.59 Å². The molecule has 0 aliphatic rings. The lowest BCUT2D eigenvalue weighted by Gasteiger charge is -2.18. The van der Waals surface area contributed by atoms with Crippen molar-refractivity contribution in [2.24, 2.45) is 5.92 Å². The highest BCUT2D eigenvalue weighted by molar-refractivity contribution is 5.81. The van der Waals surface area contributed by atoms with Crippen LogP contribution in [0.25, 0.3) is 10.9 Å². The summed E-state index contributed by atoms with van der Waals surface area (Å²) in [5.74, 6) is 1.07. The highest BCUT2D eigenvalue weighted by atomic mass is 16.5. The molecule has 0 spiro atoms. The molecule has 0 radical (unpaired) electrons. The summed E-state index contributed by atoms with van der Waals surface area (Å²) >= 11 is 0. The van der Waals surface area contributed by atoms with Gasteiger partial charge in [0.2, 0.25) is 5.91 Å². The van der Waals surface area contributed by atoms with Gasteiger partial charge in [-0.25, -0.2) is 0 Å². The van der Waals surface area contributed by atoms with Crippen molar-refractivity contribution >= 4 is 16.8 Å². The molecule has 0 saturated heterocycles. The highest BCUT2D eigenvalue weighted by Gasteiger charge is 2.13. The first kappa shape index (κ1) is 16.1. The number of carbonyl (C=O) groups is 1. The van der Waals surface area contributed by atoms with Crippen molar-refractivity contribution in [3.05, 3.63) is 40.2 Å². The van der Waals surface area contributed by atoms with Gasteiger partial charge in [-0.3, -0.25) is 9.59 Å². The van der Waals surface area contributed by atoms with E-state index in [-0.39, 0.29) is 11.5 Å². The number of methoxy groups -OCH3 is 1. The third-order valence-electron chi connectivity index (χ3n) is 3.54. The zero-order valence-corrected chi connectivity index (χ0v) is 13.5. The van der Waals surface area contributed by atoms with Gasteiger partial charge in [0.25, 0.3) is 5.56 Å². The summed E-state index contributed by atoms with van der Waals surface area (Å²) < 4.78 is 5.20. The fraction of sp³-hybridized carbons (Fsp3) is 0.412. The fourth-order valence-electron chi connectivity index (χ4n) is 2.32. The molecule has 0 saturated carbocycles. The quantitative estimate of drug-likeness (QED) is 0.923. The predicted octanol–water partition coefficient (Wildman–Crippen LogP) is 2.54. The molecule has 0 fully saturated rings. The molecular formula is C17H22N2O3. The van der Waals surface area contributed by atoms with Crippen LogP contribution in [-0.2, 0) is 11.3 Å². The van der Waals surface area contributed by atoms with Crippen molar-refractivity contribution in [1.29, 1.82) is 0 Å². The van der Waals surface area contributed by atoms with Crippen molar-refractivity contribution in [2.75, 3.05) is 14.2 Å². The van der Waals surface area contributed by atoms with Crippen molar-refractivity contribution in [3.63, 3.8) is 0 Å². The van der Waals surface area contributed by atoms with Gasteiger partial charge in [-0.05, 0) is 30.2 Å². The minimum Gasteiger partial charge on any atom is -0.497 e. The number of hydrogen-bond acceptors (Lipinski definition) is 3. The van der Waals surface area contributed by atoms with Crippen molar-refractivity contribution in [2.45, 2.75) is 26.8 Å². The number of benzene rings is 1. The van der Waals surface area contributed by atoms with Crippen LogP contribution in [0.3, 0.4) is 0 Å². The molecule has 0 atom stereocenters. The number of rotatable bonds is 5. The molecule has 5 heteroatoms. The van der Waals surface area contributed by atoms with Crippen LogP contribution in [0.1, 0.15) is 25.8 Å². The number of nitrogens with zero attached hydrogens (tertiary/aromatic N) is 1. The number of amides is 1. The molecule has 5 nitrogen and oxygen atoms in total. The first-order chi connectivity index (χ1) is 10.4. The monoisotopic (exact) mass is 302 g/mol. The van der Waals surface area contributed by atoms with Gasteiger partial charge in [0.15, 0.2) is 0 Å². The first-order valence-corrected chi connectivity index (χ1v) is 7.34. The van der Waals surface area contributed by atoms with Gasteiger partial charge in [-0.2, -0.15) is 0 Å². The average Bonchev–Trinajstić information content (AvgIpc) is 2.46. The van der Waals surface area contributed by atoms with Crippen molar-refractivity contribution in [3.8, 4) is 5.75 Å². The summed E-state index contributed by atoms with van der Waals surface area (Å²) in [6, 6.07) is 7.30. The molecule has 118 valence electrons. The maximum absolute atomic E-state index is 12.1. The van der Waals surface area contributed by atoms with Gasteiger partial charge in [-0.1, -0.05) is 13.8 Å². The Labute approximate surface area is 129 Å². The summed E-state index contributed by atoms with van der Waals surface area (Å²) in [6.07, 6.45) is 0.482. The third kappa shape index (κ3) is 3.67. The van der Waals surface area contributed by atoms with E-state index in [1.165, 1.54) is 0 Å². The van der Waals surface area contributed by atoms with Crippen LogP contribution < -0.4 is 10.3 Å². The second-order valence-corrected chi connectivity index (χ2v) is 5.92. The van der Waals surface area contributed by atoms with Gasteiger partial charge < -0.3 is 14.6 Å². The van der Waals surface area contributed by atoms with Gasteiger partial charge in [0, 0.05) is 29.9 Å². The molecule has 2 rings (SSSR count). The highest BCUT2D eigenvalue weighted by Crippen LogP contribution is 2.19. The van der Waals surface area contributed by atoms with Crippen LogP contribution >= 0.6 is 0 Å². The number of hydrogen-bond donors (Lipinski definition) is 1. The number of carbonyl (C=O) groups excluding carboxylic acids is 1. The first-order valence-electron chi connectivity index (χ1n) is 7.34. The van der Waals surface area contributed by atoms with Crippen LogP contribution in [0, 0.1) is 5.92 Å². The van der Waals surface area contributed by atoms with E-state index in [0.29, 0.717) is 24.4 Å². The van der Waals surface area contributed by atoms with Crippen LogP contribution in [0.2, 0.25) is 0 Å². The molecule has 1 heterocycles. The van der Waals surface area contributed by atoms with Crippen LogP contribution in [0.15, 0.2) is 29.1 Å². The number of nitrogens with one attached hydrogen (secondary N) is 1. The largest absolute Gasteiger partial charge is 0.497 e. The zero-order valence-electron chi connectivity index (χ0n) is 13.5. The van der Waals surface area contributed by atoms with E-state index in [2.05, 4.69) is 4.98 Å².